The molecule has 0 radical (unpaired) electrons. The fourth-order valence-corrected chi connectivity index (χ4v) is 4.19. The van der Waals surface area contributed by atoms with Gasteiger partial charge in [-0.1, -0.05) is 25.7 Å². The predicted molar refractivity (Wildman–Crippen MR) is 97.0 cm³/mol. The Balaban J connectivity index is 1.94. The topological polar surface area (TPSA) is 84.5 Å². The number of carbonyl (C=O) groups is 1. The summed E-state index contributed by atoms with van der Waals surface area (Å²) in [5.41, 5.74) is 0. The zero-order valence-electron chi connectivity index (χ0n) is 15.0. The van der Waals surface area contributed by atoms with E-state index >= 15 is 0 Å². The Morgan fingerprint density at radius 2 is 1.76 bits per heavy atom. The summed E-state index contributed by atoms with van der Waals surface area (Å²) in [6.07, 6.45) is 6.54. The smallest absolute Gasteiger partial charge is 0.241 e. The van der Waals surface area contributed by atoms with Crippen LogP contribution in [0, 0.1) is 0 Å². The molecule has 1 fully saturated rings. The zero-order valence-corrected chi connectivity index (χ0v) is 15.8. The van der Waals surface area contributed by atoms with Gasteiger partial charge in [0.15, 0.2) is 0 Å². The molecule has 0 bridgehead atoms. The van der Waals surface area contributed by atoms with Crippen molar-refractivity contribution in [3.8, 4) is 5.75 Å². The lowest BCUT2D eigenvalue weighted by Crippen LogP contribution is -2.47. The fraction of sp³-hybridized carbons (Fsp3) is 0.611. The van der Waals surface area contributed by atoms with Gasteiger partial charge in [0, 0.05) is 6.04 Å². The van der Waals surface area contributed by atoms with Crippen LogP contribution in [0.2, 0.25) is 0 Å². The number of sulfonamides is 1. The normalized spacial score (nSPS) is 17.5. The molecule has 1 aliphatic rings. The first-order valence-electron chi connectivity index (χ1n) is 8.98. The molecular formula is C18H28N2O4S. The van der Waals surface area contributed by atoms with Gasteiger partial charge in [-0.05, 0) is 51.0 Å². The molecule has 2 rings (SSSR count). The number of rotatable bonds is 7. The van der Waals surface area contributed by atoms with Crippen LogP contribution in [0.15, 0.2) is 29.2 Å². The van der Waals surface area contributed by atoms with Crippen LogP contribution in [0.3, 0.4) is 0 Å². The summed E-state index contributed by atoms with van der Waals surface area (Å²) < 4.78 is 32.6. The summed E-state index contributed by atoms with van der Waals surface area (Å²) >= 11 is 0. The van der Waals surface area contributed by atoms with Crippen LogP contribution >= 0.6 is 0 Å². The van der Waals surface area contributed by atoms with Crippen LogP contribution in [0.25, 0.3) is 0 Å². The minimum absolute atomic E-state index is 0.116. The largest absolute Gasteiger partial charge is 0.494 e. The van der Waals surface area contributed by atoms with Crippen molar-refractivity contribution in [3.05, 3.63) is 24.3 Å². The van der Waals surface area contributed by atoms with Crippen molar-refractivity contribution < 1.29 is 17.9 Å². The highest BCUT2D eigenvalue weighted by atomic mass is 32.2. The van der Waals surface area contributed by atoms with E-state index in [1.54, 1.807) is 19.1 Å². The van der Waals surface area contributed by atoms with E-state index in [9.17, 15) is 13.2 Å². The van der Waals surface area contributed by atoms with Crippen molar-refractivity contribution >= 4 is 15.9 Å². The minimum atomic E-state index is -3.75. The second-order valence-corrected chi connectivity index (χ2v) is 8.16. The summed E-state index contributed by atoms with van der Waals surface area (Å²) in [6, 6.07) is 5.49. The first kappa shape index (κ1) is 19.7. The molecular weight excluding hydrogens is 340 g/mol. The molecule has 2 N–H and O–H groups in total. The highest BCUT2D eigenvalue weighted by molar-refractivity contribution is 7.89. The van der Waals surface area contributed by atoms with Crippen LogP contribution in [-0.2, 0) is 14.8 Å². The molecule has 1 saturated carbocycles. The molecule has 0 unspecified atom stereocenters. The molecule has 1 amide bonds. The fourth-order valence-electron chi connectivity index (χ4n) is 2.99. The molecule has 0 spiro atoms. The molecule has 0 heterocycles. The number of benzene rings is 1. The van der Waals surface area contributed by atoms with Crippen molar-refractivity contribution in [2.45, 2.75) is 69.4 Å². The maximum Gasteiger partial charge on any atom is 0.241 e. The molecule has 7 heteroatoms. The van der Waals surface area contributed by atoms with Gasteiger partial charge in [-0.25, -0.2) is 8.42 Å². The number of amides is 1. The second-order valence-electron chi connectivity index (χ2n) is 6.44. The van der Waals surface area contributed by atoms with Crippen LogP contribution in [-0.4, -0.2) is 33.0 Å². The lowest BCUT2D eigenvalue weighted by molar-refractivity contribution is -0.123. The van der Waals surface area contributed by atoms with E-state index in [4.69, 9.17) is 4.74 Å². The Labute approximate surface area is 150 Å². The van der Waals surface area contributed by atoms with Crippen molar-refractivity contribution in [1.29, 1.82) is 0 Å². The SMILES string of the molecule is CCOc1ccc(S(=O)(=O)N[C@@H](C)C(=O)NC2CCCCCC2)cc1. The van der Waals surface area contributed by atoms with Gasteiger partial charge < -0.3 is 10.1 Å². The summed E-state index contributed by atoms with van der Waals surface area (Å²) in [5.74, 6) is 0.335. The Kier molecular flexibility index (Phi) is 7.25. The van der Waals surface area contributed by atoms with Gasteiger partial charge in [-0.15, -0.1) is 0 Å². The molecule has 140 valence electrons. The van der Waals surface area contributed by atoms with E-state index in [-0.39, 0.29) is 16.8 Å². The van der Waals surface area contributed by atoms with E-state index in [1.165, 1.54) is 25.0 Å². The van der Waals surface area contributed by atoms with Gasteiger partial charge in [0.05, 0.1) is 17.5 Å². The van der Waals surface area contributed by atoms with Gasteiger partial charge in [0.2, 0.25) is 15.9 Å². The highest BCUT2D eigenvalue weighted by Gasteiger charge is 2.24. The molecule has 1 aliphatic carbocycles. The Hall–Kier alpha value is -1.60. The van der Waals surface area contributed by atoms with Crippen LogP contribution in [0.5, 0.6) is 5.75 Å². The molecule has 0 aromatic heterocycles. The molecule has 25 heavy (non-hydrogen) atoms. The monoisotopic (exact) mass is 368 g/mol. The predicted octanol–water partition coefficient (Wildman–Crippen LogP) is 2.59. The molecule has 6 nitrogen and oxygen atoms in total. The van der Waals surface area contributed by atoms with E-state index < -0.39 is 16.1 Å². The van der Waals surface area contributed by atoms with Gasteiger partial charge in [-0.3, -0.25) is 4.79 Å². The standard InChI is InChI=1S/C18H28N2O4S/c1-3-24-16-10-12-17(13-11-16)25(22,23)20-14(2)18(21)19-15-8-6-4-5-7-9-15/h10-15,20H,3-9H2,1-2H3,(H,19,21)/t14-/m0/s1. The number of nitrogens with one attached hydrogen (secondary N) is 2. The third-order valence-corrected chi connectivity index (χ3v) is 5.93. The third kappa shape index (κ3) is 6.01. The van der Waals surface area contributed by atoms with Crippen molar-refractivity contribution in [2.75, 3.05) is 6.61 Å². The Morgan fingerprint density at radius 1 is 1.16 bits per heavy atom. The van der Waals surface area contributed by atoms with E-state index in [0.29, 0.717) is 12.4 Å². The first-order chi connectivity index (χ1) is 11.9. The van der Waals surface area contributed by atoms with E-state index in [1.807, 2.05) is 6.92 Å². The maximum absolute atomic E-state index is 12.4. The average molecular weight is 368 g/mol. The number of ether oxygens (including phenoxy) is 1. The second kappa shape index (κ2) is 9.20. The molecule has 0 saturated heterocycles. The minimum Gasteiger partial charge on any atom is -0.494 e. The number of hydrogen-bond acceptors (Lipinski definition) is 4. The van der Waals surface area contributed by atoms with Gasteiger partial charge in [0.25, 0.3) is 0 Å². The third-order valence-electron chi connectivity index (χ3n) is 4.37. The lowest BCUT2D eigenvalue weighted by Gasteiger charge is -2.20. The molecule has 1 aromatic carbocycles. The van der Waals surface area contributed by atoms with Crippen molar-refractivity contribution in [3.63, 3.8) is 0 Å². The van der Waals surface area contributed by atoms with Crippen LogP contribution in [0.4, 0.5) is 0 Å². The van der Waals surface area contributed by atoms with Crippen LogP contribution in [0.1, 0.15) is 52.4 Å². The molecule has 0 aliphatic heterocycles. The van der Waals surface area contributed by atoms with Crippen LogP contribution < -0.4 is 14.8 Å². The first-order valence-corrected chi connectivity index (χ1v) is 10.5. The van der Waals surface area contributed by atoms with E-state index in [2.05, 4.69) is 10.0 Å². The quantitative estimate of drug-likeness (QED) is 0.725. The van der Waals surface area contributed by atoms with Crippen molar-refractivity contribution in [2.24, 2.45) is 0 Å². The zero-order chi connectivity index (χ0) is 18.3. The van der Waals surface area contributed by atoms with E-state index in [0.717, 1.165) is 25.7 Å². The molecule has 1 aromatic rings. The van der Waals surface area contributed by atoms with Gasteiger partial charge >= 0.3 is 0 Å². The summed E-state index contributed by atoms with van der Waals surface area (Å²) in [6.45, 7) is 3.95. The van der Waals surface area contributed by atoms with Gasteiger partial charge in [0.1, 0.15) is 5.75 Å². The summed E-state index contributed by atoms with van der Waals surface area (Å²) in [4.78, 5) is 12.4. The average Bonchev–Trinajstić information content (AvgIpc) is 2.84. The summed E-state index contributed by atoms with van der Waals surface area (Å²) in [7, 11) is -3.75. The Bertz CT molecular complexity index is 650. The summed E-state index contributed by atoms with van der Waals surface area (Å²) in [5, 5.41) is 2.97. The lowest BCUT2D eigenvalue weighted by atomic mass is 10.1. The van der Waals surface area contributed by atoms with Crippen molar-refractivity contribution in [1.82, 2.24) is 10.0 Å². The number of hydrogen-bond donors (Lipinski definition) is 2. The number of carbonyl (C=O) groups excluding carboxylic acids is 1. The highest BCUT2D eigenvalue weighted by Crippen LogP contribution is 2.18. The maximum atomic E-state index is 12.4. The molecule has 1 atom stereocenters. The van der Waals surface area contributed by atoms with Gasteiger partial charge in [-0.2, -0.15) is 4.72 Å². The Morgan fingerprint density at radius 3 is 2.32 bits per heavy atom.